The summed E-state index contributed by atoms with van der Waals surface area (Å²) in [6.45, 7) is 13.3. The average molecular weight is 463 g/mol. The molecule has 10 unspecified atom stereocenters. The molecular formula is C29H50O4. The van der Waals surface area contributed by atoms with Gasteiger partial charge in [-0.3, -0.25) is 4.79 Å². The number of rotatable bonds is 6. The van der Waals surface area contributed by atoms with Crippen LogP contribution in [0.3, 0.4) is 0 Å². The molecule has 0 aromatic carbocycles. The number of hydrogen-bond acceptors (Lipinski definition) is 4. The van der Waals surface area contributed by atoms with E-state index in [0.717, 1.165) is 57.3 Å². The molecule has 190 valence electrons. The van der Waals surface area contributed by atoms with E-state index in [1.165, 1.54) is 26.2 Å². The minimum Gasteiger partial charge on any atom is -0.462 e. The summed E-state index contributed by atoms with van der Waals surface area (Å²) in [5, 5.41) is 23.0. The van der Waals surface area contributed by atoms with Gasteiger partial charge in [0.05, 0.1) is 11.7 Å². The Balaban J connectivity index is 1.60. The maximum Gasteiger partial charge on any atom is 0.302 e. The van der Waals surface area contributed by atoms with Gasteiger partial charge in [0.15, 0.2) is 0 Å². The standard InChI is InChI=1S/C29H50O4/c1-18(2)8-7-9-19(3)22-12-15-29(32)24-17-26(33-20(4)30)25-16-21(31)10-13-27(25,5)23(24)11-14-28(22,29)6/h18-19,21-26,31-32H,7-17H2,1-6H3. The third-order valence-electron chi connectivity index (χ3n) is 11.3. The van der Waals surface area contributed by atoms with Crippen molar-refractivity contribution in [3.8, 4) is 0 Å². The number of aliphatic hydroxyl groups excluding tert-OH is 1. The van der Waals surface area contributed by atoms with Crippen molar-refractivity contribution in [2.24, 2.45) is 46.3 Å². The van der Waals surface area contributed by atoms with Crippen LogP contribution < -0.4 is 0 Å². The van der Waals surface area contributed by atoms with E-state index in [1.807, 2.05) is 0 Å². The molecule has 0 aromatic rings. The first-order valence-electron chi connectivity index (χ1n) is 14.0. The molecule has 2 N–H and O–H groups in total. The Kier molecular flexibility index (Phi) is 7.04. The fraction of sp³-hybridized carbons (Fsp3) is 0.966. The molecule has 0 spiro atoms. The van der Waals surface area contributed by atoms with Gasteiger partial charge in [-0.15, -0.1) is 0 Å². The lowest BCUT2D eigenvalue weighted by Crippen LogP contribution is -2.65. The largest absolute Gasteiger partial charge is 0.462 e. The topological polar surface area (TPSA) is 66.8 Å². The molecular weight excluding hydrogens is 412 g/mol. The maximum atomic E-state index is 12.5. The highest BCUT2D eigenvalue weighted by atomic mass is 16.5. The second-order valence-corrected chi connectivity index (χ2v) is 13.5. The number of carbonyl (C=O) groups excluding carboxylic acids is 1. The number of esters is 1. The Bertz CT molecular complexity index is 720. The van der Waals surface area contributed by atoms with Gasteiger partial charge in [-0.1, -0.05) is 53.9 Å². The molecule has 4 aliphatic carbocycles. The van der Waals surface area contributed by atoms with Crippen LogP contribution in [-0.2, 0) is 9.53 Å². The summed E-state index contributed by atoms with van der Waals surface area (Å²) >= 11 is 0. The van der Waals surface area contributed by atoms with Gasteiger partial charge in [0.1, 0.15) is 6.10 Å². The SMILES string of the molecule is CC(=O)OC1CC2C(CCC3(C)C(C(C)CCCC(C)C)CCC23O)C2(C)CCC(O)CC12. The molecule has 0 heterocycles. The van der Waals surface area contributed by atoms with Crippen LogP contribution in [0, 0.1) is 46.3 Å². The number of ether oxygens (including phenoxy) is 1. The van der Waals surface area contributed by atoms with Crippen LogP contribution in [0.2, 0.25) is 0 Å². The second-order valence-electron chi connectivity index (χ2n) is 13.5. The van der Waals surface area contributed by atoms with Crippen LogP contribution in [0.1, 0.15) is 112 Å². The summed E-state index contributed by atoms with van der Waals surface area (Å²) in [5.41, 5.74) is -0.695. The van der Waals surface area contributed by atoms with E-state index in [0.29, 0.717) is 17.8 Å². The monoisotopic (exact) mass is 462 g/mol. The van der Waals surface area contributed by atoms with Crippen molar-refractivity contribution in [1.29, 1.82) is 0 Å². The first-order valence-corrected chi connectivity index (χ1v) is 14.0. The highest BCUT2D eigenvalue weighted by Crippen LogP contribution is 2.70. The van der Waals surface area contributed by atoms with Gasteiger partial charge in [0, 0.05) is 12.8 Å². The molecule has 0 radical (unpaired) electrons. The molecule has 10 atom stereocenters. The Morgan fingerprint density at radius 3 is 2.36 bits per heavy atom. The van der Waals surface area contributed by atoms with Crippen molar-refractivity contribution < 1.29 is 19.7 Å². The van der Waals surface area contributed by atoms with Crippen LogP contribution >= 0.6 is 0 Å². The lowest BCUT2D eigenvalue weighted by Gasteiger charge is -2.65. The van der Waals surface area contributed by atoms with Crippen LogP contribution in [-0.4, -0.2) is 34.0 Å². The molecule has 0 aromatic heterocycles. The van der Waals surface area contributed by atoms with Gasteiger partial charge < -0.3 is 14.9 Å². The number of fused-ring (bicyclic) bond motifs is 5. The number of aliphatic hydroxyl groups is 2. The fourth-order valence-corrected chi connectivity index (χ4v) is 9.55. The van der Waals surface area contributed by atoms with E-state index in [2.05, 4.69) is 34.6 Å². The van der Waals surface area contributed by atoms with E-state index in [1.54, 1.807) is 0 Å². The van der Waals surface area contributed by atoms with E-state index in [4.69, 9.17) is 4.74 Å². The number of hydrogen-bond donors (Lipinski definition) is 2. The first kappa shape index (κ1) is 25.5. The Labute approximate surface area is 202 Å². The predicted octanol–water partition coefficient (Wildman–Crippen LogP) is 6.13. The molecule has 0 aliphatic heterocycles. The minimum absolute atomic E-state index is 0.0281. The average Bonchev–Trinajstić information content (AvgIpc) is 3.00. The van der Waals surface area contributed by atoms with Crippen molar-refractivity contribution in [2.45, 2.75) is 130 Å². The van der Waals surface area contributed by atoms with E-state index >= 15 is 0 Å². The zero-order chi connectivity index (χ0) is 24.2. The third-order valence-corrected chi connectivity index (χ3v) is 11.3. The van der Waals surface area contributed by atoms with Crippen LogP contribution in [0.15, 0.2) is 0 Å². The molecule has 4 rings (SSSR count). The second kappa shape index (κ2) is 9.12. The van der Waals surface area contributed by atoms with Crippen molar-refractivity contribution in [3.05, 3.63) is 0 Å². The molecule has 0 bridgehead atoms. The lowest BCUT2D eigenvalue weighted by molar-refractivity contribution is -0.238. The molecule has 4 heteroatoms. The minimum atomic E-state index is -0.671. The fourth-order valence-electron chi connectivity index (χ4n) is 9.55. The summed E-state index contributed by atoms with van der Waals surface area (Å²) in [4.78, 5) is 12.0. The van der Waals surface area contributed by atoms with Crippen molar-refractivity contribution in [3.63, 3.8) is 0 Å². The van der Waals surface area contributed by atoms with Crippen molar-refractivity contribution in [2.75, 3.05) is 0 Å². The van der Waals surface area contributed by atoms with Crippen molar-refractivity contribution >= 4 is 5.97 Å². The van der Waals surface area contributed by atoms with Crippen LogP contribution in [0.4, 0.5) is 0 Å². The van der Waals surface area contributed by atoms with E-state index in [-0.39, 0.29) is 40.8 Å². The van der Waals surface area contributed by atoms with Crippen molar-refractivity contribution in [1.82, 2.24) is 0 Å². The summed E-state index contributed by atoms with van der Waals surface area (Å²) < 4.78 is 5.94. The first-order chi connectivity index (χ1) is 15.4. The van der Waals surface area contributed by atoms with Gasteiger partial charge in [0.25, 0.3) is 0 Å². The van der Waals surface area contributed by atoms with Gasteiger partial charge in [-0.2, -0.15) is 0 Å². The molecule has 33 heavy (non-hydrogen) atoms. The van der Waals surface area contributed by atoms with Crippen LogP contribution in [0.25, 0.3) is 0 Å². The highest BCUT2D eigenvalue weighted by molar-refractivity contribution is 5.66. The molecule has 0 saturated heterocycles. The van der Waals surface area contributed by atoms with E-state index < -0.39 is 5.60 Å². The summed E-state index contributed by atoms with van der Waals surface area (Å²) in [6.07, 6.45) is 10.9. The maximum absolute atomic E-state index is 12.5. The normalized spacial score (nSPS) is 48.0. The smallest absolute Gasteiger partial charge is 0.302 e. The highest BCUT2D eigenvalue weighted by Gasteiger charge is 2.69. The molecule has 4 saturated carbocycles. The van der Waals surface area contributed by atoms with Gasteiger partial charge in [-0.05, 0) is 91.8 Å². The van der Waals surface area contributed by atoms with Gasteiger partial charge in [0.2, 0.25) is 0 Å². The summed E-state index contributed by atoms with van der Waals surface area (Å²) in [5.74, 6) is 2.58. The Morgan fingerprint density at radius 1 is 0.970 bits per heavy atom. The third kappa shape index (κ3) is 4.20. The lowest BCUT2D eigenvalue weighted by atomic mass is 9.42. The molecule has 0 amide bonds. The summed E-state index contributed by atoms with van der Waals surface area (Å²) in [6, 6.07) is 0. The Morgan fingerprint density at radius 2 is 1.70 bits per heavy atom. The predicted molar refractivity (Wildman–Crippen MR) is 131 cm³/mol. The molecule has 4 fully saturated rings. The van der Waals surface area contributed by atoms with Gasteiger partial charge in [-0.25, -0.2) is 0 Å². The van der Waals surface area contributed by atoms with E-state index in [9.17, 15) is 15.0 Å². The van der Waals surface area contributed by atoms with Crippen LogP contribution in [0.5, 0.6) is 0 Å². The number of carbonyl (C=O) groups is 1. The zero-order valence-electron chi connectivity index (χ0n) is 22.1. The molecule has 4 nitrogen and oxygen atoms in total. The quantitative estimate of drug-likeness (QED) is 0.466. The zero-order valence-corrected chi connectivity index (χ0v) is 22.1. The summed E-state index contributed by atoms with van der Waals surface area (Å²) in [7, 11) is 0. The Hall–Kier alpha value is -0.610. The molecule has 4 aliphatic rings. The van der Waals surface area contributed by atoms with Gasteiger partial charge >= 0.3 is 5.97 Å².